The van der Waals surface area contributed by atoms with Crippen LogP contribution in [0.2, 0.25) is 0 Å². The Bertz CT molecular complexity index is 531. The van der Waals surface area contributed by atoms with E-state index in [2.05, 4.69) is 5.32 Å². The largest absolute Gasteiger partial charge is 0.336 e. The molecule has 0 bridgehead atoms. The highest BCUT2D eigenvalue weighted by atomic mass is 32.2. The minimum absolute atomic E-state index is 0.0281. The minimum Gasteiger partial charge on any atom is -0.336 e. The zero-order chi connectivity index (χ0) is 15.4. The number of hydrogen-bond donors (Lipinski definition) is 1. The van der Waals surface area contributed by atoms with Gasteiger partial charge in [-0.05, 0) is 5.56 Å². The average Bonchev–Trinajstić information content (AvgIpc) is 2.88. The van der Waals surface area contributed by atoms with Crippen LogP contribution in [-0.4, -0.2) is 58.9 Å². The first-order chi connectivity index (χ1) is 10.7. The summed E-state index contributed by atoms with van der Waals surface area (Å²) in [6, 6.07) is 9.86. The quantitative estimate of drug-likeness (QED) is 0.919. The molecular weight excluding hydrogens is 298 g/mol. The Hall–Kier alpha value is -1.69. The lowest BCUT2D eigenvalue weighted by molar-refractivity contribution is -0.128. The van der Waals surface area contributed by atoms with Crippen molar-refractivity contribution in [3.05, 3.63) is 35.9 Å². The lowest BCUT2D eigenvalue weighted by atomic mass is 10.2. The molecule has 0 aromatic heterocycles. The van der Waals surface area contributed by atoms with Crippen molar-refractivity contribution in [2.24, 2.45) is 0 Å². The number of benzene rings is 1. The van der Waals surface area contributed by atoms with Gasteiger partial charge < -0.3 is 15.1 Å². The fourth-order valence-electron chi connectivity index (χ4n) is 2.86. The Balaban J connectivity index is 1.52. The van der Waals surface area contributed by atoms with Crippen molar-refractivity contribution in [2.75, 3.05) is 31.1 Å². The maximum atomic E-state index is 12.2. The van der Waals surface area contributed by atoms with E-state index in [0.29, 0.717) is 19.5 Å². The van der Waals surface area contributed by atoms with Crippen LogP contribution in [0.4, 0.5) is 4.79 Å². The Morgan fingerprint density at radius 2 is 1.95 bits per heavy atom. The van der Waals surface area contributed by atoms with Gasteiger partial charge in [-0.3, -0.25) is 4.79 Å². The second-order valence-electron chi connectivity index (χ2n) is 5.71. The van der Waals surface area contributed by atoms with Crippen LogP contribution < -0.4 is 5.32 Å². The third-order valence-electron chi connectivity index (χ3n) is 4.06. The predicted molar refractivity (Wildman–Crippen MR) is 87.7 cm³/mol. The maximum Gasteiger partial charge on any atom is 0.317 e. The molecule has 118 valence electrons. The van der Waals surface area contributed by atoms with Crippen LogP contribution in [0.3, 0.4) is 0 Å². The van der Waals surface area contributed by atoms with E-state index in [4.69, 9.17) is 0 Å². The van der Waals surface area contributed by atoms with Gasteiger partial charge in [0.2, 0.25) is 5.91 Å². The number of amides is 3. The zero-order valence-corrected chi connectivity index (χ0v) is 13.3. The van der Waals surface area contributed by atoms with Crippen LogP contribution in [0.25, 0.3) is 0 Å². The predicted octanol–water partition coefficient (Wildman–Crippen LogP) is 1.55. The molecule has 2 aliphatic heterocycles. The monoisotopic (exact) mass is 319 g/mol. The van der Waals surface area contributed by atoms with Gasteiger partial charge in [-0.2, -0.15) is 11.8 Å². The lowest BCUT2D eigenvalue weighted by Crippen LogP contribution is -2.48. The summed E-state index contributed by atoms with van der Waals surface area (Å²) in [6.07, 6.45) is 0.404. The molecule has 1 atom stereocenters. The van der Waals surface area contributed by atoms with Gasteiger partial charge in [-0.25, -0.2) is 4.79 Å². The number of nitrogens with zero attached hydrogens (tertiary/aromatic N) is 2. The summed E-state index contributed by atoms with van der Waals surface area (Å²) in [7, 11) is 0. The van der Waals surface area contributed by atoms with Crippen molar-refractivity contribution in [1.29, 1.82) is 0 Å². The Morgan fingerprint density at radius 3 is 2.68 bits per heavy atom. The van der Waals surface area contributed by atoms with Gasteiger partial charge in [0.25, 0.3) is 0 Å². The molecule has 0 radical (unpaired) electrons. The fraction of sp³-hybridized carbons (Fsp3) is 0.500. The highest BCUT2D eigenvalue weighted by Gasteiger charge is 2.31. The number of nitrogens with one attached hydrogen (secondary N) is 1. The number of rotatable bonds is 3. The summed E-state index contributed by atoms with van der Waals surface area (Å²) in [5, 5.41) is 3.01. The summed E-state index contributed by atoms with van der Waals surface area (Å²) >= 11 is 1.88. The first kappa shape index (κ1) is 15.2. The molecule has 1 aromatic rings. The molecule has 1 N–H and O–H groups in total. The normalized spacial score (nSPS) is 22.0. The van der Waals surface area contributed by atoms with Gasteiger partial charge in [-0.15, -0.1) is 0 Å². The van der Waals surface area contributed by atoms with Gasteiger partial charge in [0, 0.05) is 44.1 Å². The third kappa shape index (κ3) is 3.74. The SMILES string of the molecule is O=C1C[C@@H](NC(=O)N2CCSCC2)CN1Cc1ccccc1. The summed E-state index contributed by atoms with van der Waals surface area (Å²) < 4.78 is 0. The topological polar surface area (TPSA) is 52.7 Å². The molecule has 3 rings (SSSR count). The summed E-state index contributed by atoms with van der Waals surface area (Å²) in [4.78, 5) is 28.0. The number of carbonyl (C=O) groups excluding carboxylic acids is 2. The number of carbonyl (C=O) groups is 2. The summed E-state index contributed by atoms with van der Waals surface area (Å²) in [5.41, 5.74) is 1.12. The summed E-state index contributed by atoms with van der Waals surface area (Å²) in [6.45, 7) is 2.81. The molecule has 2 saturated heterocycles. The van der Waals surface area contributed by atoms with Gasteiger partial charge in [0.1, 0.15) is 0 Å². The number of urea groups is 1. The second-order valence-corrected chi connectivity index (χ2v) is 6.93. The second kappa shape index (κ2) is 7.05. The molecule has 3 amide bonds. The Morgan fingerprint density at radius 1 is 1.23 bits per heavy atom. The van der Waals surface area contributed by atoms with E-state index in [1.165, 1.54) is 0 Å². The van der Waals surface area contributed by atoms with Crippen molar-refractivity contribution < 1.29 is 9.59 Å². The molecule has 1 aromatic carbocycles. The van der Waals surface area contributed by atoms with Crippen molar-refractivity contribution >= 4 is 23.7 Å². The van der Waals surface area contributed by atoms with Gasteiger partial charge >= 0.3 is 6.03 Å². The van der Waals surface area contributed by atoms with E-state index in [9.17, 15) is 9.59 Å². The average molecular weight is 319 g/mol. The third-order valence-corrected chi connectivity index (χ3v) is 5.00. The molecule has 2 fully saturated rings. The van der Waals surface area contributed by atoms with Crippen molar-refractivity contribution in [1.82, 2.24) is 15.1 Å². The van der Waals surface area contributed by atoms with Gasteiger partial charge in [0.15, 0.2) is 0 Å². The van der Waals surface area contributed by atoms with Gasteiger partial charge in [0.05, 0.1) is 6.04 Å². The lowest BCUT2D eigenvalue weighted by Gasteiger charge is -2.28. The van der Waals surface area contributed by atoms with E-state index in [1.807, 2.05) is 51.9 Å². The van der Waals surface area contributed by atoms with E-state index >= 15 is 0 Å². The van der Waals surface area contributed by atoms with E-state index < -0.39 is 0 Å². The Labute approximate surface area is 135 Å². The molecule has 0 aliphatic carbocycles. The van der Waals surface area contributed by atoms with Crippen LogP contribution in [0.5, 0.6) is 0 Å². The number of thioether (sulfide) groups is 1. The molecule has 5 nitrogen and oxygen atoms in total. The molecule has 2 heterocycles. The standard InChI is InChI=1S/C16H21N3O2S/c20-15-10-14(17-16(21)18-6-8-22-9-7-18)12-19(15)11-13-4-2-1-3-5-13/h1-5,14H,6-12H2,(H,17,21)/t14-/m1/s1. The molecule has 22 heavy (non-hydrogen) atoms. The summed E-state index contributed by atoms with van der Waals surface area (Å²) in [5.74, 6) is 2.11. The minimum atomic E-state index is -0.0710. The van der Waals surface area contributed by atoms with Crippen molar-refractivity contribution in [3.8, 4) is 0 Å². The van der Waals surface area contributed by atoms with E-state index in [0.717, 1.165) is 30.2 Å². The van der Waals surface area contributed by atoms with Crippen LogP contribution in [0, 0.1) is 0 Å². The first-order valence-corrected chi connectivity index (χ1v) is 8.83. The van der Waals surface area contributed by atoms with Crippen LogP contribution in [0.1, 0.15) is 12.0 Å². The molecule has 6 heteroatoms. The zero-order valence-electron chi connectivity index (χ0n) is 12.5. The van der Waals surface area contributed by atoms with Crippen LogP contribution in [-0.2, 0) is 11.3 Å². The van der Waals surface area contributed by atoms with Gasteiger partial charge in [-0.1, -0.05) is 30.3 Å². The van der Waals surface area contributed by atoms with Crippen LogP contribution >= 0.6 is 11.8 Å². The fourth-order valence-corrected chi connectivity index (χ4v) is 3.76. The first-order valence-electron chi connectivity index (χ1n) is 7.67. The smallest absolute Gasteiger partial charge is 0.317 e. The number of likely N-dealkylation sites (tertiary alicyclic amines) is 1. The molecule has 0 unspecified atom stereocenters. The van der Waals surface area contributed by atoms with Crippen molar-refractivity contribution in [2.45, 2.75) is 19.0 Å². The molecular formula is C16H21N3O2S. The Kier molecular flexibility index (Phi) is 4.87. The molecule has 0 saturated carbocycles. The van der Waals surface area contributed by atoms with Crippen LogP contribution in [0.15, 0.2) is 30.3 Å². The van der Waals surface area contributed by atoms with E-state index in [-0.39, 0.29) is 18.0 Å². The highest BCUT2D eigenvalue weighted by Crippen LogP contribution is 2.16. The number of hydrogen-bond acceptors (Lipinski definition) is 3. The molecule has 0 spiro atoms. The molecule has 2 aliphatic rings. The van der Waals surface area contributed by atoms with Crippen molar-refractivity contribution in [3.63, 3.8) is 0 Å². The maximum absolute atomic E-state index is 12.2. The highest BCUT2D eigenvalue weighted by molar-refractivity contribution is 7.99. The van der Waals surface area contributed by atoms with E-state index in [1.54, 1.807) is 0 Å².